The maximum Gasteiger partial charge on any atom is 0.323 e. The Labute approximate surface area is 166 Å². The maximum atomic E-state index is 12.9. The van der Waals surface area contributed by atoms with Gasteiger partial charge in [0, 0.05) is 24.3 Å². The van der Waals surface area contributed by atoms with Gasteiger partial charge in [-0.05, 0) is 6.08 Å². The summed E-state index contributed by atoms with van der Waals surface area (Å²) < 4.78 is 32.2. The number of methoxy groups -OCH3 is 4. The van der Waals surface area contributed by atoms with Crippen LogP contribution in [0, 0.1) is 0 Å². The number of benzene rings is 2. The van der Waals surface area contributed by atoms with Gasteiger partial charge in [0.15, 0.2) is 5.76 Å². The highest BCUT2D eigenvalue weighted by Gasteiger charge is 2.39. The molecule has 0 bridgehead atoms. The topological polar surface area (TPSA) is 89.5 Å². The van der Waals surface area contributed by atoms with Gasteiger partial charge in [-0.1, -0.05) is 0 Å². The smallest absolute Gasteiger partial charge is 0.323 e. The minimum atomic E-state index is -0.869. The van der Waals surface area contributed by atoms with Crippen LogP contribution in [-0.4, -0.2) is 40.2 Å². The van der Waals surface area contributed by atoms with Crippen molar-refractivity contribution in [1.29, 1.82) is 0 Å². The summed E-state index contributed by atoms with van der Waals surface area (Å²) in [6.45, 7) is 0. The van der Waals surface area contributed by atoms with Crippen molar-refractivity contribution in [3.8, 4) is 34.5 Å². The van der Waals surface area contributed by atoms with Crippen molar-refractivity contribution < 1.29 is 38.0 Å². The highest BCUT2D eigenvalue weighted by Crippen LogP contribution is 2.47. The lowest BCUT2D eigenvalue weighted by Gasteiger charge is -2.10. The number of fused-ring (bicyclic) bond motifs is 2. The summed E-state index contributed by atoms with van der Waals surface area (Å²) in [6.07, 6.45) is 1.43. The van der Waals surface area contributed by atoms with Gasteiger partial charge in [0.25, 0.3) is 0 Å². The maximum absolute atomic E-state index is 12.9. The molecule has 4 rings (SSSR count). The second kappa shape index (κ2) is 7.05. The van der Waals surface area contributed by atoms with Crippen molar-refractivity contribution in [2.75, 3.05) is 28.4 Å². The van der Waals surface area contributed by atoms with Gasteiger partial charge in [0.1, 0.15) is 46.0 Å². The summed E-state index contributed by atoms with van der Waals surface area (Å²) in [5.41, 5.74) is 0.774. The molecule has 0 N–H and O–H groups in total. The van der Waals surface area contributed by atoms with E-state index < -0.39 is 17.7 Å². The second-order valence-electron chi connectivity index (χ2n) is 6.31. The molecule has 0 amide bonds. The predicted molar refractivity (Wildman–Crippen MR) is 101 cm³/mol. The molecule has 8 nitrogen and oxygen atoms in total. The van der Waals surface area contributed by atoms with E-state index in [0.717, 1.165) is 0 Å². The van der Waals surface area contributed by atoms with Crippen LogP contribution in [0.5, 0.6) is 34.5 Å². The number of rotatable bonds is 5. The van der Waals surface area contributed by atoms with Gasteiger partial charge in [-0.25, -0.2) is 0 Å². The third-order valence-corrected chi connectivity index (χ3v) is 4.79. The lowest BCUT2D eigenvalue weighted by atomic mass is 9.97. The van der Waals surface area contributed by atoms with Gasteiger partial charge >= 0.3 is 5.97 Å². The number of Topliss-reactive ketones (excluding diaryl/α,β-unsaturated/α-hetero) is 1. The van der Waals surface area contributed by atoms with Crippen molar-refractivity contribution in [2.24, 2.45) is 0 Å². The third kappa shape index (κ3) is 2.93. The lowest BCUT2D eigenvalue weighted by Crippen LogP contribution is -2.11. The van der Waals surface area contributed by atoms with Crippen LogP contribution >= 0.6 is 0 Å². The summed E-state index contributed by atoms with van der Waals surface area (Å²) in [6, 6.07) is 6.42. The Kier molecular flexibility index (Phi) is 4.54. The van der Waals surface area contributed by atoms with E-state index in [1.54, 1.807) is 24.3 Å². The summed E-state index contributed by atoms with van der Waals surface area (Å²) >= 11 is 0. The van der Waals surface area contributed by atoms with Crippen molar-refractivity contribution in [3.05, 3.63) is 47.2 Å². The molecule has 8 heteroatoms. The Morgan fingerprint density at radius 1 is 0.793 bits per heavy atom. The number of hydrogen-bond acceptors (Lipinski definition) is 8. The highest BCUT2D eigenvalue weighted by atomic mass is 16.5. The average Bonchev–Trinajstić information content (AvgIpc) is 3.22. The van der Waals surface area contributed by atoms with Crippen LogP contribution in [0.2, 0.25) is 0 Å². The van der Waals surface area contributed by atoms with Crippen LogP contribution in [0.4, 0.5) is 0 Å². The predicted octanol–water partition coefficient (Wildman–Crippen LogP) is 2.88. The quantitative estimate of drug-likeness (QED) is 0.432. The zero-order valence-corrected chi connectivity index (χ0v) is 16.2. The molecule has 0 saturated heterocycles. The first-order chi connectivity index (χ1) is 14.0. The fourth-order valence-corrected chi connectivity index (χ4v) is 3.39. The van der Waals surface area contributed by atoms with Crippen LogP contribution < -0.4 is 28.4 Å². The number of ketones is 1. The van der Waals surface area contributed by atoms with Crippen LogP contribution in [0.1, 0.15) is 21.8 Å². The minimum Gasteiger partial charge on any atom is -0.496 e. The molecule has 0 spiro atoms. The first-order valence-corrected chi connectivity index (χ1v) is 8.68. The van der Waals surface area contributed by atoms with Gasteiger partial charge in [0.05, 0.1) is 34.0 Å². The number of esters is 1. The van der Waals surface area contributed by atoms with Gasteiger partial charge in [0.2, 0.25) is 5.78 Å². The van der Waals surface area contributed by atoms with Gasteiger partial charge in [-0.3, -0.25) is 9.59 Å². The van der Waals surface area contributed by atoms with E-state index in [-0.39, 0.29) is 11.3 Å². The van der Waals surface area contributed by atoms with Crippen LogP contribution in [-0.2, 0) is 4.79 Å². The molecule has 2 aromatic rings. The monoisotopic (exact) mass is 398 g/mol. The van der Waals surface area contributed by atoms with E-state index in [2.05, 4.69) is 0 Å². The van der Waals surface area contributed by atoms with Gasteiger partial charge in [-0.15, -0.1) is 0 Å². The average molecular weight is 398 g/mol. The number of carbonyl (C=O) groups is 2. The largest absolute Gasteiger partial charge is 0.496 e. The van der Waals surface area contributed by atoms with Crippen LogP contribution in [0.3, 0.4) is 0 Å². The third-order valence-electron chi connectivity index (χ3n) is 4.79. The molecule has 0 radical (unpaired) electrons. The molecular formula is C21H18O8. The number of allylic oxidation sites excluding steroid dienone is 1. The number of hydrogen-bond donors (Lipinski definition) is 0. The molecular weight excluding hydrogens is 380 g/mol. The minimum absolute atomic E-state index is 0.000718. The molecule has 2 aliphatic heterocycles. The number of carbonyl (C=O) groups excluding carboxylic acids is 2. The van der Waals surface area contributed by atoms with E-state index >= 15 is 0 Å². The van der Waals surface area contributed by atoms with Gasteiger partial charge < -0.3 is 28.4 Å². The second-order valence-corrected chi connectivity index (χ2v) is 6.31. The molecule has 2 aromatic carbocycles. The van der Waals surface area contributed by atoms with Crippen LogP contribution in [0.15, 0.2) is 36.1 Å². The van der Waals surface area contributed by atoms with Gasteiger partial charge in [-0.2, -0.15) is 0 Å². The molecule has 150 valence electrons. The fraction of sp³-hybridized carbons (Fsp3) is 0.238. The molecule has 0 fully saturated rings. The Hall–Kier alpha value is -3.68. The van der Waals surface area contributed by atoms with Crippen molar-refractivity contribution in [2.45, 2.75) is 5.92 Å². The van der Waals surface area contributed by atoms with Crippen molar-refractivity contribution in [3.63, 3.8) is 0 Å². The summed E-state index contributed by atoms with van der Waals surface area (Å²) in [7, 11) is 5.93. The highest BCUT2D eigenvalue weighted by molar-refractivity contribution is 6.14. The van der Waals surface area contributed by atoms with Crippen molar-refractivity contribution >= 4 is 11.8 Å². The Morgan fingerprint density at radius 2 is 1.41 bits per heavy atom. The summed E-state index contributed by atoms with van der Waals surface area (Å²) in [5, 5.41) is 0. The molecule has 0 aromatic heterocycles. The molecule has 29 heavy (non-hydrogen) atoms. The fourth-order valence-electron chi connectivity index (χ4n) is 3.39. The van der Waals surface area contributed by atoms with E-state index in [9.17, 15) is 9.59 Å². The molecule has 1 atom stereocenters. The first kappa shape index (κ1) is 18.7. The lowest BCUT2D eigenvalue weighted by molar-refractivity contribution is -0.133. The normalized spacial score (nSPS) is 18.1. The van der Waals surface area contributed by atoms with Crippen molar-refractivity contribution in [1.82, 2.24) is 0 Å². The standard InChI is InChI=1S/C21H18O8/c1-24-10-5-13(26-3)18-12(21(23)29-15(18)7-10)9-17-20(22)19-14(27-4)6-11(25-2)8-16(19)28-17/h5-9,12H,1-4H3/b17-9-. The molecule has 2 aliphatic rings. The first-order valence-electron chi connectivity index (χ1n) is 8.68. The molecule has 0 saturated carbocycles. The zero-order valence-electron chi connectivity index (χ0n) is 16.2. The Bertz CT molecular complexity index is 1050. The van der Waals surface area contributed by atoms with E-state index in [1.807, 2.05) is 0 Å². The molecule has 0 aliphatic carbocycles. The SMILES string of the molecule is COc1cc(OC)c2c(c1)O/C(=C\C1C(=O)Oc3cc(OC)cc(OC)c31)C2=O. The number of ether oxygens (including phenoxy) is 6. The zero-order chi connectivity index (χ0) is 20.7. The van der Waals surface area contributed by atoms with E-state index in [1.165, 1.54) is 34.5 Å². The van der Waals surface area contributed by atoms with E-state index in [4.69, 9.17) is 28.4 Å². The van der Waals surface area contributed by atoms with Crippen LogP contribution in [0.25, 0.3) is 0 Å². The van der Waals surface area contributed by atoms with E-state index in [0.29, 0.717) is 40.1 Å². The summed E-state index contributed by atoms with van der Waals surface area (Å²) in [5.74, 6) is 0.503. The Balaban J connectivity index is 1.77. The summed E-state index contributed by atoms with van der Waals surface area (Å²) in [4.78, 5) is 25.4. The molecule has 2 heterocycles. The Morgan fingerprint density at radius 3 is 2.03 bits per heavy atom. The molecule has 1 unspecified atom stereocenters.